The van der Waals surface area contributed by atoms with Crippen LogP contribution in [0.1, 0.15) is 26.7 Å². The lowest BCUT2D eigenvalue weighted by atomic mass is 10.2. The van der Waals surface area contributed by atoms with Gasteiger partial charge in [0.15, 0.2) is 0 Å². The van der Waals surface area contributed by atoms with Crippen LogP contribution in [0.5, 0.6) is 0 Å². The average Bonchev–Trinajstić information content (AvgIpc) is 2.75. The largest absolute Gasteiger partial charge is 0.383 e. The number of hydrogen-bond acceptors (Lipinski definition) is 4. The summed E-state index contributed by atoms with van der Waals surface area (Å²) in [7, 11) is -1.59. The van der Waals surface area contributed by atoms with Crippen LogP contribution in [0.4, 0.5) is 0 Å². The summed E-state index contributed by atoms with van der Waals surface area (Å²) in [5, 5.41) is 3.24. The maximum atomic E-state index is 12.4. The second-order valence-corrected chi connectivity index (χ2v) is 7.33. The lowest BCUT2D eigenvalue weighted by molar-refractivity contribution is 0.175. The molecule has 1 atom stereocenters. The van der Waals surface area contributed by atoms with E-state index in [4.69, 9.17) is 4.74 Å². The van der Waals surface area contributed by atoms with E-state index >= 15 is 0 Å². The molecule has 0 aromatic carbocycles. The molecule has 0 saturated carbocycles. The molecule has 1 aliphatic rings. The third-order valence-corrected chi connectivity index (χ3v) is 5.02. The Bertz CT molecular complexity index is 324. The van der Waals surface area contributed by atoms with Gasteiger partial charge < -0.3 is 10.1 Å². The minimum Gasteiger partial charge on any atom is -0.383 e. The molecule has 0 bridgehead atoms. The molecule has 0 aromatic rings. The second kappa shape index (κ2) is 7.43. The Labute approximate surface area is 111 Å². The smallest absolute Gasteiger partial charge is 0.215 e. The van der Waals surface area contributed by atoms with E-state index in [1.54, 1.807) is 11.4 Å². The van der Waals surface area contributed by atoms with Crippen LogP contribution in [0.3, 0.4) is 0 Å². The topological polar surface area (TPSA) is 58.6 Å². The van der Waals surface area contributed by atoms with Crippen molar-refractivity contribution in [3.05, 3.63) is 0 Å². The van der Waals surface area contributed by atoms with E-state index in [-0.39, 0.29) is 11.8 Å². The van der Waals surface area contributed by atoms with Crippen molar-refractivity contribution in [2.24, 2.45) is 5.92 Å². The minimum absolute atomic E-state index is 0.118. The van der Waals surface area contributed by atoms with Gasteiger partial charge in [-0.2, -0.15) is 4.31 Å². The van der Waals surface area contributed by atoms with Crippen LogP contribution < -0.4 is 5.32 Å². The molecule has 1 N–H and O–H groups in total. The zero-order valence-corrected chi connectivity index (χ0v) is 12.5. The molecule has 0 radical (unpaired) electrons. The van der Waals surface area contributed by atoms with Gasteiger partial charge in [-0.05, 0) is 25.3 Å². The molecule has 6 heteroatoms. The van der Waals surface area contributed by atoms with Crippen LogP contribution in [0.25, 0.3) is 0 Å². The van der Waals surface area contributed by atoms with E-state index in [1.807, 2.05) is 13.8 Å². The van der Waals surface area contributed by atoms with Crippen molar-refractivity contribution in [2.75, 3.05) is 39.1 Å². The van der Waals surface area contributed by atoms with Gasteiger partial charge in [0.25, 0.3) is 0 Å². The zero-order chi connectivity index (χ0) is 13.6. The first-order valence-corrected chi connectivity index (χ1v) is 8.26. The molecule has 0 spiro atoms. The van der Waals surface area contributed by atoms with E-state index in [2.05, 4.69) is 5.32 Å². The van der Waals surface area contributed by atoms with Gasteiger partial charge in [-0.15, -0.1) is 0 Å². The van der Waals surface area contributed by atoms with Crippen LogP contribution >= 0.6 is 0 Å². The Balaban J connectivity index is 2.61. The highest BCUT2D eigenvalue weighted by molar-refractivity contribution is 7.89. The van der Waals surface area contributed by atoms with Crippen molar-refractivity contribution in [1.29, 1.82) is 0 Å². The molecule has 1 unspecified atom stereocenters. The number of nitrogens with zero attached hydrogens (tertiary/aromatic N) is 1. The third kappa shape index (κ3) is 5.22. The van der Waals surface area contributed by atoms with Gasteiger partial charge in [0.05, 0.1) is 12.4 Å². The number of hydrogen-bond donors (Lipinski definition) is 1. The summed E-state index contributed by atoms with van der Waals surface area (Å²) in [6, 6.07) is 0.118. The lowest BCUT2D eigenvalue weighted by Gasteiger charge is -2.25. The Morgan fingerprint density at radius 1 is 1.44 bits per heavy atom. The molecule has 108 valence electrons. The van der Waals surface area contributed by atoms with Crippen molar-refractivity contribution >= 4 is 10.0 Å². The summed E-state index contributed by atoms with van der Waals surface area (Å²) in [5.41, 5.74) is 0. The number of rotatable bonds is 8. The van der Waals surface area contributed by atoms with Crippen molar-refractivity contribution in [3.63, 3.8) is 0 Å². The zero-order valence-electron chi connectivity index (χ0n) is 11.7. The van der Waals surface area contributed by atoms with Crippen molar-refractivity contribution in [2.45, 2.75) is 32.7 Å². The van der Waals surface area contributed by atoms with Crippen molar-refractivity contribution < 1.29 is 13.2 Å². The van der Waals surface area contributed by atoms with E-state index < -0.39 is 10.0 Å². The summed E-state index contributed by atoms with van der Waals surface area (Å²) >= 11 is 0. The number of ether oxygens (including phenoxy) is 1. The molecule has 1 aliphatic heterocycles. The summed E-state index contributed by atoms with van der Waals surface area (Å²) in [6.45, 7) is 6.46. The molecule has 0 amide bonds. The predicted octanol–water partition coefficient (Wildman–Crippen LogP) is 0.673. The van der Waals surface area contributed by atoms with Gasteiger partial charge in [0, 0.05) is 26.2 Å². The van der Waals surface area contributed by atoms with Crippen LogP contribution in [0.15, 0.2) is 0 Å². The molecule has 1 saturated heterocycles. The molecule has 18 heavy (non-hydrogen) atoms. The van der Waals surface area contributed by atoms with Gasteiger partial charge in [-0.3, -0.25) is 0 Å². The fourth-order valence-electron chi connectivity index (χ4n) is 2.20. The highest BCUT2D eigenvalue weighted by Crippen LogP contribution is 2.12. The molecular formula is C12H26N2O3S. The molecule has 0 aromatic heterocycles. The summed E-state index contributed by atoms with van der Waals surface area (Å²) in [5.74, 6) is 0.539. The number of sulfonamides is 1. The third-order valence-electron chi connectivity index (χ3n) is 3.08. The van der Waals surface area contributed by atoms with E-state index in [9.17, 15) is 8.42 Å². The first-order chi connectivity index (χ1) is 8.45. The van der Waals surface area contributed by atoms with Crippen LogP contribution in [0.2, 0.25) is 0 Å². The molecule has 0 aliphatic carbocycles. The number of methoxy groups -OCH3 is 1. The Kier molecular flexibility index (Phi) is 6.55. The fraction of sp³-hybridized carbons (Fsp3) is 1.00. The van der Waals surface area contributed by atoms with Crippen molar-refractivity contribution in [1.82, 2.24) is 9.62 Å². The van der Waals surface area contributed by atoms with Crippen LogP contribution in [0, 0.1) is 5.92 Å². The highest BCUT2D eigenvalue weighted by Gasteiger charge is 2.27. The van der Waals surface area contributed by atoms with Gasteiger partial charge in [0.1, 0.15) is 0 Å². The standard InChI is InChI=1S/C12H26N2O3S/c1-11(2)9-14(7-8-17-3)18(15,16)10-12-5-4-6-13-12/h11-13H,4-10H2,1-3H3. The second-order valence-electron chi connectivity index (χ2n) is 5.32. The van der Waals surface area contributed by atoms with Gasteiger partial charge in [0.2, 0.25) is 10.0 Å². The lowest BCUT2D eigenvalue weighted by Crippen LogP contribution is -2.42. The predicted molar refractivity (Wildman–Crippen MR) is 73.1 cm³/mol. The van der Waals surface area contributed by atoms with Gasteiger partial charge >= 0.3 is 0 Å². The molecule has 5 nitrogen and oxygen atoms in total. The Morgan fingerprint density at radius 2 is 2.17 bits per heavy atom. The first-order valence-electron chi connectivity index (χ1n) is 6.66. The Morgan fingerprint density at radius 3 is 2.67 bits per heavy atom. The van der Waals surface area contributed by atoms with Crippen LogP contribution in [-0.4, -0.2) is 57.9 Å². The summed E-state index contributed by atoms with van der Waals surface area (Å²) < 4.78 is 31.3. The van der Waals surface area contributed by atoms with Crippen molar-refractivity contribution in [3.8, 4) is 0 Å². The van der Waals surface area contributed by atoms with Crippen LogP contribution in [-0.2, 0) is 14.8 Å². The normalized spacial score (nSPS) is 21.1. The average molecular weight is 278 g/mol. The van der Waals surface area contributed by atoms with E-state index in [1.165, 1.54) is 0 Å². The SMILES string of the molecule is COCCN(CC(C)C)S(=O)(=O)CC1CCCN1. The Hall–Kier alpha value is -0.170. The quantitative estimate of drug-likeness (QED) is 0.709. The van der Waals surface area contributed by atoms with Gasteiger partial charge in [-0.25, -0.2) is 8.42 Å². The molecule has 1 fully saturated rings. The maximum Gasteiger partial charge on any atom is 0.215 e. The molecular weight excluding hydrogens is 252 g/mol. The first kappa shape index (κ1) is 15.9. The summed E-state index contributed by atoms with van der Waals surface area (Å²) in [4.78, 5) is 0. The monoisotopic (exact) mass is 278 g/mol. The van der Waals surface area contributed by atoms with E-state index in [0.29, 0.717) is 25.6 Å². The molecule has 1 heterocycles. The molecule has 1 rings (SSSR count). The fourth-order valence-corrected chi connectivity index (χ4v) is 4.08. The summed E-state index contributed by atoms with van der Waals surface area (Å²) in [6.07, 6.45) is 2.03. The number of nitrogens with one attached hydrogen (secondary N) is 1. The minimum atomic E-state index is -3.18. The maximum absolute atomic E-state index is 12.4. The van der Waals surface area contributed by atoms with E-state index in [0.717, 1.165) is 19.4 Å². The van der Waals surface area contributed by atoms with Gasteiger partial charge in [-0.1, -0.05) is 13.8 Å². The highest BCUT2D eigenvalue weighted by atomic mass is 32.2.